The van der Waals surface area contributed by atoms with Gasteiger partial charge in [-0.15, -0.1) is 0 Å². The highest BCUT2D eigenvalue weighted by atomic mass is 35.5. The molecular weight excluding hydrogens is 429 g/mol. The largest absolute Gasteiger partial charge is 0.495 e. The molecule has 3 rings (SSSR count). The van der Waals surface area contributed by atoms with Gasteiger partial charge in [0.1, 0.15) is 17.3 Å². The molecule has 1 heterocycles. The van der Waals surface area contributed by atoms with Gasteiger partial charge in [0.2, 0.25) is 5.95 Å². The number of hydrogen-bond acceptors (Lipinski definition) is 7. The van der Waals surface area contributed by atoms with Gasteiger partial charge in [-0.3, -0.25) is 20.4 Å². The average molecular weight is 446 g/mol. The SMILES string of the molecule is COc1ccccc1NC(=O)c1nc(NNC(=O)COc2ccc(F)cc2)ncc1Cl. The number of benzene rings is 2. The molecular formula is C20H17ClFN5O4. The van der Waals surface area contributed by atoms with Gasteiger partial charge in [-0.1, -0.05) is 23.7 Å². The fourth-order valence-electron chi connectivity index (χ4n) is 2.36. The van der Waals surface area contributed by atoms with Crippen LogP contribution in [0.15, 0.2) is 54.7 Å². The third kappa shape index (κ3) is 6.03. The van der Waals surface area contributed by atoms with Crippen molar-refractivity contribution in [3.63, 3.8) is 0 Å². The van der Waals surface area contributed by atoms with E-state index >= 15 is 0 Å². The van der Waals surface area contributed by atoms with E-state index in [2.05, 4.69) is 26.1 Å². The first kappa shape index (κ1) is 21.8. The first-order chi connectivity index (χ1) is 15.0. The van der Waals surface area contributed by atoms with Gasteiger partial charge in [-0.25, -0.2) is 14.4 Å². The Balaban J connectivity index is 1.59. The summed E-state index contributed by atoms with van der Waals surface area (Å²) < 4.78 is 23.3. The second kappa shape index (κ2) is 10.2. The van der Waals surface area contributed by atoms with Gasteiger partial charge in [0, 0.05) is 0 Å². The number of carbonyl (C=O) groups is 2. The fourth-order valence-corrected chi connectivity index (χ4v) is 2.53. The monoisotopic (exact) mass is 445 g/mol. The number of rotatable bonds is 8. The van der Waals surface area contributed by atoms with Crippen molar-refractivity contribution in [2.45, 2.75) is 0 Å². The lowest BCUT2D eigenvalue weighted by Crippen LogP contribution is -2.34. The minimum absolute atomic E-state index is 0.0175. The van der Waals surface area contributed by atoms with Crippen molar-refractivity contribution < 1.29 is 23.5 Å². The highest BCUT2D eigenvalue weighted by Gasteiger charge is 2.16. The standard InChI is InChI=1S/C20H17ClFN5O4/c1-30-16-5-3-2-4-15(16)24-19(29)18-14(21)10-23-20(25-18)27-26-17(28)11-31-13-8-6-12(22)7-9-13/h2-10H,11H2,1H3,(H,24,29)(H,26,28)(H,23,25,27). The molecule has 3 N–H and O–H groups in total. The van der Waals surface area contributed by atoms with E-state index < -0.39 is 17.6 Å². The third-order valence-electron chi connectivity index (χ3n) is 3.81. The quantitative estimate of drug-likeness (QED) is 0.456. The molecule has 0 fully saturated rings. The molecule has 31 heavy (non-hydrogen) atoms. The van der Waals surface area contributed by atoms with Crippen molar-refractivity contribution in [1.29, 1.82) is 0 Å². The molecule has 0 aliphatic carbocycles. The maximum absolute atomic E-state index is 12.9. The highest BCUT2D eigenvalue weighted by molar-refractivity contribution is 6.34. The summed E-state index contributed by atoms with van der Waals surface area (Å²) in [7, 11) is 1.48. The van der Waals surface area contributed by atoms with Gasteiger partial charge >= 0.3 is 0 Å². The van der Waals surface area contributed by atoms with Crippen LogP contribution in [0, 0.1) is 5.82 Å². The molecule has 0 aliphatic rings. The summed E-state index contributed by atoms with van der Waals surface area (Å²) >= 11 is 6.04. The van der Waals surface area contributed by atoms with Crippen LogP contribution in [0.4, 0.5) is 16.0 Å². The number of nitrogens with zero attached hydrogens (tertiary/aromatic N) is 2. The summed E-state index contributed by atoms with van der Waals surface area (Å²) in [5.41, 5.74) is 5.13. The Hall–Kier alpha value is -3.92. The highest BCUT2D eigenvalue weighted by Crippen LogP contribution is 2.24. The Bertz CT molecular complexity index is 1080. The zero-order valence-electron chi connectivity index (χ0n) is 16.2. The number of nitrogens with one attached hydrogen (secondary N) is 3. The van der Waals surface area contributed by atoms with Crippen LogP contribution in [-0.2, 0) is 4.79 Å². The van der Waals surface area contributed by atoms with Crippen molar-refractivity contribution in [2.24, 2.45) is 0 Å². The predicted molar refractivity (Wildman–Crippen MR) is 112 cm³/mol. The van der Waals surface area contributed by atoms with Crippen LogP contribution in [0.25, 0.3) is 0 Å². The summed E-state index contributed by atoms with van der Waals surface area (Å²) in [5, 5.41) is 2.67. The Kier molecular flexibility index (Phi) is 7.17. The van der Waals surface area contributed by atoms with E-state index in [1.807, 2.05) is 0 Å². The molecule has 0 bridgehead atoms. The Morgan fingerprint density at radius 2 is 1.87 bits per heavy atom. The molecule has 2 aromatic carbocycles. The Morgan fingerprint density at radius 3 is 2.61 bits per heavy atom. The molecule has 160 valence electrons. The van der Waals surface area contributed by atoms with E-state index in [4.69, 9.17) is 21.1 Å². The van der Waals surface area contributed by atoms with Crippen molar-refractivity contribution in [2.75, 3.05) is 24.5 Å². The number of methoxy groups -OCH3 is 1. The summed E-state index contributed by atoms with van der Waals surface area (Å²) in [6, 6.07) is 12.1. The zero-order valence-corrected chi connectivity index (χ0v) is 16.9. The predicted octanol–water partition coefficient (Wildman–Crippen LogP) is 3.05. The minimum Gasteiger partial charge on any atom is -0.495 e. The van der Waals surface area contributed by atoms with Gasteiger partial charge in [-0.05, 0) is 36.4 Å². The third-order valence-corrected chi connectivity index (χ3v) is 4.09. The second-order valence-electron chi connectivity index (χ2n) is 5.96. The van der Waals surface area contributed by atoms with Crippen LogP contribution in [0.1, 0.15) is 10.5 Å². The van der Waals surface area contributed by atoms with Crippen molar-refractivity contribution >= 4 is 35.1 Å². The maximum Gasteiger partial charge on any atom is 0.276 e. The lowest BCUT2D eigenvalue weighted by atomic mass is 10.2. The van der Waals surface area contributed by atoms with E-state index in [1.165, 1.54) is 37.6 Å². The number of aromatic nitrogens is 2. The molecule has 0 saturated carbocycles. The lowest BCUT2D eigenvalue weighted by Gasteiger charge is -2.12. The number of para-hydroxylation sites is 2. The first-order valence-electron chi connectivity index (χ1n) is 8.86. The molecule has 0 radical (unpaired) electrons. The molecule has 0 spiro atoms. The van der Waals surface area contributed by atoms with Crippen molar-refractivity contribution in [1.82, 2.24) is 15.4 Å². The van der Waals surface area contributed by atoms with Gasteiger partial charge in [0.15, 0.2) is 12.3 Å². The number of ether oxygens (including phenoxy) is 2. The number of hydrazine groups is 1. The molecule has 2 amide bonds. The number of amides is 2. The van der Waals surface area contributed by atoms with E-state index in [0.717, 1.165) is 0 Å². The molecule has 3 aromatic rings. The van der Waals surface area contributed by atoms with Crippen molar-refractivity contribution in [3.8, 4) is 11.5 Å². The molecule has 0 atom stereocenters. The van der Waals surface area contributed by atoms with Crippen LogP contribution >= 0.6 is 11.6 Å². The summed E-state index contributed by atoms with van der Waals surface area (Å²) in [6.07, 6.45) is 1.22. The van der Waals surface area contributed by atoms with Gasteiger partial charge < -0.3 is 14.8 Å². The average Bonchev–Trinajstić information content (AvgIpc) is 2.78. The molecule has 11 heteroatoms. The fraction of sp³-hybridized carbons (Fsp3) is 0.100. The topological polar surface area (TPSA) is 114 Å². The molecule has 9 nitrogen and oxygen atoms in total. The van der Waals surface area contributed by atoms with Gasteiger partial charge in [-0.2, -0.15) is 0 Å². The van der Waals surface area contributed by atoms with Crippen LogP contribution in [0.5, 0.6) is 11.5 Å². The van der Waals surface area contributed by atoms with Gasteiger partial charge in [0.25, 0.3) is 11.8 Å². The van der Waals surface area contributed by atoms with Crippen LogP contribution in [-0.4, -0.2) is 35.5 Å². The first-order valence-corrected chi connectivity index (χ1v) is 9.24. The van der Waals surface area contributed by atoms with E-state index in [0.29, 0.717) is 17.2 Å². The zero-order chi connectivity index (χ0) is 22.2. The molecule has 0 unspecified atom stereocenters. The summed E-state index contributed by atoms with van der Waals surface area (Å²) in [5.74, 6) is -0.829. The molecule has 0 aliphatic heterocycles. The normalized spacial score (nSPS) is 10.2. The molecule has 0 saturated heterocycles. The number of carbonyl (C=O) groups excluding carboxylic acids is 2. The maximum atomic E-state index is 12.9. The second-order valence-corrected chi connectivity index (χ2v) is 6.37. The lowest BCUT2D eigenvalue weighted by molar-refractivity contribution is -0.122. The Labute approximate surface area is 181 Å². The van der Waals surface area contributed by atoms with E-state index in [-0.39, 0.29) is 23.3 Å². The van der Waals surface area contributed by atoms with E-state index in [1.54, 1.807) is 24.3 Å². The van der Waals surface area contributed by atoms with Gasteiger partial charge in [0.05, 0.1) is 24.0 Å². The Morgan fingerprint density at radius 1 is 1.13 bits per heavy atom. The molecule has 1 aromatic heterocycles. The van der Waals surface area contributed by atoms with Crippen LogP contribution in [0.2, 0.25) is 5.02 Å². The van der Waals surface area contributed by atoms with Crippen LogP contribution in [0.3, 0.4) is 0 Å². The number of halogens is 2. The summed E-state index contributed by atoms with van der Waals surface area (Å²) in [4.78, 5) is 32.4. The minimum atomic E-state index is -0.592. The number of hydrogen-bond donors (Lipinski definition) is 3. The van der Waals surface area contributed by atoms with Crippen LogP contribution < -0.4 is 25.6 Å². The summed E-state index contributed by atoms with van der Waals surface area (Å²) in [6.45, 7) is -0.340. The number of anilines is 2. The van der Waals surface area contributed by atoms with Crippen molar-refractivity contribution in [3.05, 3.63) is 71.3 Å². The van der Waals surface area contributed by atoms with E-state index in [9.17, 15) is 14.0 Å². The smallest absolute Gasteiger partial charge is 0.276 e.